The summed E-state index contributed by atoms with van der Waals surface area (Å²) in [6, 6.07) is 0. The minimum atomic E-state index is -1.31. The number of aliphatic carboxylic acids is 3. The average Bonchev–Trinajstić information content (AvgIpc) is 2.12. The molecule has 104 valence electrons. The third-order valence-corrected chi connectivity index (χ3v) is 1.18. The summed E-state index contributed by atoms with van der Waals surface area (Å²) >= 11 is 0. The van der Waals surface area contributed by atoms with Gasteiger partial charge in [0.05, 0.1) is 6.61 Å². The Labute approximate surface area is 103 Å². The predicted octanol–water partition coefficient (Wildman–Crippen LogP) is 0.206. The molecule has 0 aliphatic rings. The molecule has 0 saturated carbocycles. The van der Waals surface area contributed by atoms with Crippen LogP contribution in [0.15, 0.2) is 0 Å². The molecule has 8 heteroatoms. The van der Waals surface area contributed by atoms with Crippen molar-refractivity contribution < 1.29 is 39.2 Å². The van der Waals surface area contributed by atoms with E-state index in [1.165, 1.54) is 0 Å². The zero-order chi connectivity index (χ0) is 14.7. The van der Waals surface area contributed by atoms with Crippen molar-refractivity contribution in [3.05, 3.63) is 0 Å². The van der Waals surface area contributed by atoms with Gasteiger partial charge in [0.25, 0.3) is 0 Å². The molecule has 0 fully saturated rings. The fraction of sp³-hybridized carbons (Fsp3) is 0.600. The molecule has 0 radical (unpaired) electrons. The Bertz CT molecular complexity index is 295. The summed E-state index contributed by atoms with van der Waals surface area (Å²) in [5, 5.41) is 23.6. The van der Waals surface area contributed by atoms with Crippen LogP contribution in [-0.4, -0.2) is 45.8 Å². The quantitative estimate of drug-likeness (QED) is 0.457. The van der Waals surface area contributed by atoms with Gasteiger partial charge >= 0.3 is 23.9 Å². The number of hydrogen-bond acceptors (Lipinski definition) is 5. The smallest absolute Gasteiger partial charge is 0.317 e. The lowest BCUT2D eigenvalue weighted by molar-refractivity contribution is -0.152. The summed E-state index contributed by atoms with van der Waals surface area (Å²) in [5.74, 6) is -4.21. The van der Waals surface area contributed by atoms with E-state index in [2.05, 4.69) is 4.74 Å². The summed E-state index contributed by atoms with van der Waals surface area (Å²) < 4.78 is 4.59. The maximum Gasteiger partial charge on any atom is 0.317 e. The van der Waals surface area contributed by atoms with Crippen molar-refractivity contribution in [1.29, 1.82) is 0 Å². The van der Waals surface area contributed by atoms with E-state index in [0.29, 0.717) is 0 Å². The van der Waals surface area contributed by atoms with Gasteiger partial charge in [-0.05, 0) is 5.92 Å². The Kier molecular flexibility index (Phi) is 10.2. The molecule has 18 heavy (non-hydrogen) atoms. The normalized spacial score (nSPS) is 9.06. The van der Waals surface area contributed by atoms with Crippen molar-refractivity contribution in [2.75, 3.05) is 6.61 Å². The van der Waals surface area contributed by atoms with Crippen LogP contribution in [0.1, 0.15) is 26.7 Å². The van der Waals surface area contributed by atoms with Gasteiger partial charge in [0.1, 0.15) is 12.8 Å². The minimum absolute atomic E-state index is 0.243. The first-order chi connectivity index (χ1) is 8.15. The van der Waals surface area contributed by atoms with Crippen molar-refractivity contribution in [1.82, 2.24) is 0 Å². The third-order valence-electron chi connectivity index (χ3n) is 1.18. The van der Waals surface area contributed by atoms with E-state index in [-0.39, 0.29) is 12.5 Å². The Morgan fingerprint density at radius 1 is 0.889 bits per heavy atom. The molecule has 0 aliphatic heterocycles. The maximum atomic E-state index is 10.6. The Hall–Kier alpha value is -2.12. The van der Waals surface area contributed by atoms with Crippen molar-refractivity contribution in [2.45, 2.75) is 26.7 Å². The number of carboxylic acids is 3. The molecule has 0 unspecified atom stereocenters. The molecule has 3 N–H and O–H groups in total. The van der Waals surface area contributed by atoms with E-state index >= 15 is 0 Å². The largest absolute Gasteiger partial charge is 0.481 e. The molecule has 0 amide bonds. The van der Waals surface area contributed by atoms with Crippen LogP contribution in [-0.2, 0) is 23.9 Å². The van der Waals surface area contributed by atoms with Crippen LogP contribution in [0.3, 0.4) is 0 Å². The number of carbonyl (C=O) groups excluding carboxylic acids is 1. The summed E-state index contributed by atoms with van der Waals surface area (Å²) in [6.45, 7) is 4.05. The van der Waals surface area contributed by atoms with Gasteiger partial charge in [0.2, 0.25) is 0 Å². The number of esters is 1. The molecule has 0 heterocycles. The highest BCUT2D eigenvalue weighted by Crippen LogP contribution is 1.94. The van der Waals surface area contributed by atoms with Gasteiger partial charge in [-0.1, -0.05) is 13.8 Å². The SMILES string of the molecule is CC(C)COC(=O)CC(=O)O.O=C(O)CC(=O)O. The minimum Gasteiger partial charge on any atom is -0.481 e. The van der Waals surface area contributed by atoms with Gasteiger partial charge < -0.3 is 20.1 Å². The second kappa shape index (κ2) is 10.1. The zero-order valence-electron chi connectivity index (χ0n) is 10.1. The summed E-state index contributed by atoms with van der Waals surface area (Å²) in [6.07, 6.45) is -1.35. The molecule has 0 rings (SSSR count). The van der Waals surface area contributed by atoms with E-state index in [1.807, 2.05) is 13.8 Å². The van der Waals surface area contributed by atoms with Crippen molar-refractivity contribution in [3.8, 4) is 0 Å². The van der Waals surface area contributed by atoms with E-state index in [9.17, 15) is 19.2 Å². The Morgan fingerprint density at radius 2 is 1.28 bits per heavy atom. The monoisotopic (exact) mass is 264 g/mol. The van der Waals surface area contributed by atoms with E-state index in [0.717, 1.165) is 0 Å². The highest BCUT2D eigenvalue weighted by atomic mass is 16.5. The lowest BCUT2D eigenvalue weighted by atomic mass is 10.2. The van der Waals surface area contributed by atoms with Crippen LogP contribution in [0.25, 0.3) is 0 Å². The van der Waals surface area contributed by atoms with Gasteiger partial charge in [0, 0.05) is 0 Å². The number of hydrogen-bond donors (Lipinski definition) is 3. The lowest BCUT2D eigenvalue weighted by Gasteiger charge is -2.04. The fourth-order valence-electron chi connectivity index (χ4n) is 0.563. The van der Waals surface area contributed by atoms with Crippen LogP contribution in [0.5, 0.6) is 0 Å². The van der Waals surface area contributed by atoms with E-state index in [1.54, 1.807) is 0 Å². The molecular formula is C10H16O8. The number of ether oxygens (including phenoxy) is 1. The summed E-state index contributed by atoms with van der Waals surface area (Å²) in [5.41, 5.74) is 0. The molecule has 8 nitrogen and oxygen atoms in total. The highest BCUT2D eigenvalue weighted by Gasteiger charge is 2.08. The van der Waals surface area contributed by atoms with Crippen molar-refractivity contribution in [3.63, 3.8) is 0 Å². The third kappa shape index (κ3) is 19.5. The molecule has 0 aromatic heterocycles. The van der Waals surface area contributed by atoms with Crippen LogP contribution in [0, 0.1) is 5.92 Å². The fourth-order valence-corrected chi connectivity index (χ4v) is 0.563. The van der Waals surface area contributed by atoms with Crippen LogP contribution in [0.2, 0.25) is 0 Å². The van der Waals surface area contributed by atoms with Gasteiger partial charge in [0.15, 0.2) is 0 Å². The molecule has 0 saturated heterocycles. The lowest BCUT2D eigenvalue weighted by Crippen LogP contribution is -2.13. The highest BCUT2D eigenvalue weighted by molar-refractivity contribution is 5.90. The van der Waals surface area contributed by atoms with Crippen molar-refractivity contribution >= 4 is 23.9 Å². The average molecular weight is 264 g/mol. The van der Waals surface area contributed by atoms with Crippen molar-refractivity contribution in [2.24, 2.45) is 5.92 Å². The van der Waals surface area contributed by atoms with Gasteiger partial charge in [-0.15, -0.1) is 0 Å². The predicted molar refractivity (Wildman–Crippen MR) is 57.9 cm³/mol. The Morgan fingerprint density at radius 3 is 1.50 bits per heavy atom. The maximum absolute atomic E-state index is 10.6. The number of rotatable bonds is 6. The summed E-state index contributed by atoms with van der Waals surface area (Å²) in [4.78, 5) is 39.4. The van der Waals surface area contributed by atoms with E-state index < -0.39 is 36.7 Å². The molecule has 0 aromatic carbocycles. The standard InChI is InChI=1S/C7H12O4.C3H4O4/c1-5(2)4-11-7(10)3-6(8)9;4-2(5)1-3(6)7/h5H,3-4H2,1-2H3,(H,8,9);1H2,(H,4,5)(H,6,7). The van der Waals surface area contributed by atoms with Gasteiger partial charge in [-0.2, -0.15) is 0 Å². The Balaban J connectivity index is 0. The molecule has 0 aliphatic carbocycles. The molecular weight excluding hydrogens is 248 g/mol. The van der Waals surface area contributed by atoms with Crippen LogP contribution < -0.4 is 0 Å². The molecule has 0 bridgehead atoms. The molecule has 0 spiro atoms. The van der Waals surface area contributed by atoms with Crippen LogP contribution in [0.4, 0.5) is 0 Å². The summed E-state index contributed by atoms with van der Waals surface area (Å²) in [7, 11) is 0. The van der Waals surface area contributed by atoms with Gasteiger partial charge in [-0.3, -0.25) is 19.2 Å². The molecule has 0 atom stereocenters. The zero-order valence-corrected chi connectivity index (χ0v) is 10.1. The van der Waals surface area contributed by atoms with Gasteiger partial charge in [-0.25, -0.2) is 0 Å². The number of carboxylic acid groups (broad SMARTS) is 3. The number of carbonyl (C=O) groups is 4. The second-order valence-corrected chi connectivity index (χ2v) is 3.61. The first kappa shape index (κ1) is 18.3. The second-order valence-electron chi connectivity index (χ2n) is 3.61. The van der Waals surface area contributed by atoms with Crippen LogP contribution >= 0.6 is 0 Å². The topological polar surface area (TPSA) is 138 Å². The first-order valence-electron chi connectivity index (χ1n) is 4.96. The molecule has 0 aromatic rings. The first-order valence-corrected chi connectivity index (χ1v) is 4.96. The van der Waals surface area contributed by atoms with E-state index in [4.69, 9.17) is 15.3 Å².